The SMILES string of the molecule is CCCCCC1(C2CCCCC2=O)OCCO1. The Morgan fingerprint density at radius 2 is 2.00 bits per heavy atom. The fourth-order valence-electron chi connectivity index (χ4n) is 3.06. The van der Waals surface area contributed by atoms with Crippen LogP contribution in [0.5, 0.6) is 0 Å². The van der Waals surface area contributed by atoms with E-state index >= 15 is 0 Å². The fraction of sp³-hybridized carbons (Fsp3) is 0.929. The molecule has 0 radical (unpaired) electrons. The standard InChI is InChI=1S/C14H24O3/c1-2-3-6-9-14(16-10-11-17-14)12-7-4-5-8-13(12)15/h12H,2-11H2,1H3. The zero-order chi connectivity index (χ0) is 12.1. The van der Waals surface area contributed by atoms with Crippen LogP contribution in [-0.4, -0.2) is 24.8 Å². The van der Waals surface area contributed by atoms with Crippen molar-refractivity contribution in [1.82, 2.24) is 0 Å². The topological polar surface area (TPSA) is 35.5 Å². The monoisotopic (exact) mass is 240 g/mol. The summed E-state index contributed by atoms with van der Waals surface area (Å²) in [6, 6.07) is 0. The lowest BCUT2D eigenvalue weighted by Crippen LogP contribution is -2.44. The van der Waals surface area contributed by atoms with Gasteiger partial charge in [-0.15, -0.1) is 0 Å². The van der Waals surface area contributed by atoms with Gasteiger partial charge in [0.25, 0.3) is 0 Å². The van der Waals surface area contributed by atoms with Crippen molar-refractivity contribution in [2.75, 3.05) is 13.2 Å². The first-order chi connectivity index (χ1) is 8.28. The highest BCUT2D eigenvalue weighted by Crippen LogP contribution is 2.39. The molecular weight excluding hydrogens is 216 g/mol. The lowest BCUT2D eigenvalue weighted by molar-refractivity contribution is -0.205. The number of unbranched alkanes of at least 4 members (excludes halogenated alkanes) is 2. The third kappa shape index (κ3) is 2.89. The minimum atomic E-state index is -0.563. The van der Waals surface area contributed by atoms with Crippen molar-refractivity contribution in [2.45, 2.75) is 64.1 Å². The zero-order valence-corrected chi connectivity index (χ0v) is 10.9. The molecule has 2 fully saturated rings. The minimum absolute atomic E-state index is 0.00407. The van der Waals surface area contributed by atoms with Crippen LogP contribution in [-0.2, 0) is 14.3 Å². The summed E-state index contributed by atoms with van der Waals surface area (Å²) in [6.45, 7) is 3.49. The van der Waals surface area contributed by atoms with Crippen molar-refractivity contribution in [3.05, 3.63) is 0 Å². The van der Waals surface area contributed by atoms with E-state index in [-0.39, 0.29) is 5.92 Å². The third-order valence-corrected chi connectivity index (χ3v) is 3.99. The first kappa shape index (κ1) is 13.0. The Kier molecular flexibility index (Phi) is 4.57. The van der Waals surface area contributed by atoms with E-state index in [9.17, 15) is 4.79 Å². The molecule has 17 heavy (non-hydrogen) atoms. The molecule has 1 aliphatic carbocycles. The van der Waals surface area contributed by atoms with E-state index < -0.39 is 5.79 Å². The van der Waals surface area contributed by atoms with Gasteiger partial charge in [0.2, 0.25) is 0 Å². The Hall–Kier alpha value is -0.410. The van der Waals surface area contributed by atoms with E-state index in [2.05, 4.69) is 6.92 Å². The first-order valence-corrected chi connectivity index (χ1v) is 7.09. The van der Waals surface area contributed by atoms with E-state index in [1.165, 1.54) is 12.8 Å². The van der Waals surface area contributed by atoms with E-state index in [1.54, 1.807) is 0 Å². The summed E-state index contributed by atoms with van der Waals surface area (Å²) in [5.74, 6) is -0.211. The van der Waals surface area contributed by atoms with Gasteiger partial charge in [0, 0.05) is 12.8 Å². The average Bonchev–Trinajstić information content (AvgIpc) is 2.80. The number of rotatable bonds is 5. The van der Waals surface area contributed by atoms with Crippen LogP contribution in [0.2, 0.25) is 0 Å². The molecule has 1 heterocycles. The Morgan fingerprint density at radius 1 is 1.24 bits per heavy atom. The third-order valence-electron chi connectivity index (χ3n) is 3.99. The summed E-state index contributed by atoms with van der Waals surface area (Å²) in [7, 11) is 0. The van der Waals surface area contributed by atoms with Gasteiger partial charge in [-0.05, 0) is 19.3 Å². The quantitative estimate of drug-likeness (QED) is 0.693. The maximum absolute atomic E-state index is 12.1. The minimum Gasteiger partial charge on any atom is -0.347 e. The van der Waals surface area contributed by atoms with Crippen LogP contribution >= 0.6 is 0 Å². The molecule has 3 heteroatoms. The molecule has 1 atom stereocenters. The van der Waals surface area contributed by atoms with E-state index in [1.807, 2.05) is 0 Å². The molecule has 2 rings (SSSR count). The van der Waals surface area contributed by atoms with Crippen molar-refractivity contribution in [1.29, 1.82) is 0 Å². The van der Waals surface area contributed by atoms with Gasteiger partial charge < -0.3 is 9.47 Å². The summed E-state index contributed by atoms with van der Waals surface area (Å²) < 4.78 is 11.7. The van der Waals surface area contributed by atoms with Crippen LogP contribution in [0.25, 0.3) is 0 Å². The average molecular weight is 240 g/mol. The zero-order valence-electron chi connectivity index (χ0n) is 10.9. The van der Waals surface area contributed by atoms with Crippen LogP contribution in [0.1, 0.15) is 58.3 Å². The molecule has 3 nitrogen and oxygen atoms in total. The normalized spacial score (nSPS) is 28.5. The van der Waals surface area contributed by atoms with Gasteiger partial charge in [0.1, 0.15) is 5.78 Å². The number of Topliss-reactive ketones (excluding diaryl/α,β-unsaturated/α-hetero) is 1. The predicted molar refractivity (Wildman–Crippen MR) is 65.7 cm³/mol. The number of hydrogen-bond donors (Lipinski definition) is 0. The number of carbonyl (C=O) groups is 1. The van der Waals surface area contributed by atoms with Crippen molar-refractivity contribution in [3.8, 4) is 0 Å². The Balaban J connectivity index is 2.01. The fourth-order valence-corrected chi connectivity index (χ4v) is 3.06. The van der Waals surface area contributed by atoms with Gasteiger partial charge in [0.05, 0.1) is 19.1 Å². The summed E-state index contributed by atoms with van der Waals surface area (Å²) in [5.41, 5.74) is 0. The first-order valence-electron chi connectivity index (χ1n) is 7.09. The van der Waals surface area contributed by atoms with Crippen LogP contribution in [0.3, 0.4) is 0 Å². The Bertz CT molecular complexity index is 256. The molecule has 0 aromatic heterocycles. The Morgan fingerprint density at radius 3 is 2.65 bits per heavy atom. The molecule has 0 aromatic rings. The number of ketones is 1. The van der Waals surface area contributed by atoms with Crippen molar-refractivity contribution >= 4 is 5.78 Å². The smallest absolute Gasteiger partial charge is 0.178 e. The number of hydrogen-bond acceptors (Lipinski definition) is 3. The molecule has 1 unspecified atom stereocenters. The van der Waals surface area contributed by atoms with Gasteiger partial charge in [-0.2, -0.15) is 0 Å². The molecule has 2 aliphatic rings. The van der Waals surface area contributed by atoms with Crippen LogP contribution in [0, 0.1) is 5.92 Å². The summed E-state index contributed by atoms with van der Waals surface area (Å²) in [4.78, 5) is 12.1. The van der Waals surface area contributed by atoms with Crippen molar-refractivity contribution < 1.29 is 14.3 Å². The van der Waals surface area contributed by atoms with Gasteiger partial charge in [-0.25, -0.2) is 0 Å². The second-order valence-corrected chi connectivity index (χ2v) is 5.23. The maximum Gasteiger partial charge on any atom is 0.178 e. The van der Waals surface area contributed by atoms with E-state index in [0.29, 0.717) is 25.4 Å². The highest BCUT2D eigenvalue weighted by atomic mass is 16.7. The van der Waals surface area contributed by atoms with Gasteiger partial charge in [-0.1, -0.05) is 26.2 Å². The maximum atomic E-state index is 12.1. The highest BCUT2D eigenvalue weighted by Gasteiger charge is 2.47. The summed E-state index contributed by atoms with van der Waals surface area (Å²) >= 11 is 0. The lowest BCUT2D eigenvalue weighted by Gasteiger charge is -2.36. The van der Waals surface area contributed by atoms with Crippen molar-refractivity contribution in [3.63, 3.8) is 0 Å². The second kappa shape index (κ2) is 5.96. The summed E-state index contributed by atoms with van der Waals surface area (Å²) in [6.07, 6.45) is 8.21. The lowest BCUT2D eigenvalue weighted by atomic mass is 9.80. The molecule has 1 aliphatic heterocycles. The number of ether oxygens (including phenoxy) is 2. The van der Waals surface area contributed by atoms with Crippen molar-refractivity contribution in [2.24, 2.45) is 5.92 Å². The molecule has 0 amide bonds. The van der Waals surface area contributed by atoms with Gasteiger partial charge in [0.15, 0.2) is 5.79 Å². The van der Waals surface area contributed by atoms with Gasteiger partial charge >= 0.3 is 0 Å². The molecular formula is C14H24O3. The van der Waals surface area contributed by atoms with Crippen LogP contribution in [0.4, 0.5) is 0 Å². The molecule has 0 N–H and O–H groups in total. The largest absolute Gasteiger partial charge is 0.347 e. The van der Waals surface area contributed by atoms with E-state index in [4.69, 9.17) is 9.47 Å². The second-order valence-electron chi connectivity index (χ2n) is 5.23. The molecule has 0 spiro atoms. The molecule has 1 saturated heterocycles. The predicted octanol–water partition coefficient (Wildman–Crippen LogP) is 3.07. The number of carbonyl (C=O) groups excluding carboxylic acids is 1. The molecule has 0 bridgehead atoms. The van der Waals surface area contributed by atoms with Gasteiger partial charge in [-0.3, -0.25) is 4.79 Å². The Labute approximate surface area is 104 Å². The summed E-state index contributed by atoms with van der Waals surface area (Å²) in [5, 5.41) is 0. The molecule has 0 aromatic carbocycles. The molecule has 1 saturated carbocycles. The van der Waals surface area contributed by atoms with E-state index in [0.717, 1.165) is 32.1 Å². The molecule has 98 valence electrons. The highest BCUT2D eigenvalue weighted by molar-refractivity contribution is 5.82. The van der Waals surface area contributed by atoms with Crippen LogP contribution in [0.15, 0.2) is 0 Å². The van der Waals surface area contributed by atoms with Crippen LogP contribution < -0.4 is 0 Å².